The van der Waals surface area contributed by atoms with Gasteiger partial charge in [0.25, 0.3) is 5.91 Å². The molecule has 1 amide bonds. The fourth-order valence-electron chi connectivity index (χ4n) is 4.02. The predicted octanol–water partition coefficient (Wildman–Crippen LogP) is 2.60. The fourth-order valence-corrected chi connectivity index (χ4v) is 5.02. The fraction of sp³-hybridized carbons (Fsp3) is 0.333. The lowest BCUT2D eigenvalue weighted by atomic mass is 9.82. The molecule has 32 heavy (non-hydrogen) atoms. The Morgan fingerprint density at radius 2 is 1.78 bits per heavy atom. The van der Waals surface area contributed by atoms with Gasteiger partial charge in [0.15, 0.2) is 16.4 Å². The van der Waals surface area contributed by atoms with Gasteiger partial charge in [0.1, 0.15) is 6.54 Å². The summed E-state index contributed by atoms with van der Waals surface area (Å²) >= 11 is 0.854. The van der Waals surface area contributed by atoms with Crippen LogP contribution in [0.15, 0.2) is 54.6 Å². The molecule has 1 heterocycles. The third-order valence-corrected chi connectivity index (χ3v) is 6.52. The zero-order valence-electron chi connectivity index (χ0n) is 17.8. The van der Waals surface area contributed by atoms with Crippen molar-refractivity contribution in [1.29, 1.82) is 0 Å². The Kier molecular flexibility index (Phi) is 7.48. The Morgan fingerprint density at radius 3 is 2.44 bits per heavy atom. The molecule has 2 aromatic carbocycles. The average molecular weight is 455 g/mol. The molecule has 0 bridgehead atoms. The number of carboxylic acid groups (broad SMARTS) is 1. The van der Waals surface area contributed by atoms with Gasteiger partial charge < -0.3 is 10.8 Å². The number of nitrogens with zero attached hydrogens (tertiary/aromatic N) is 1. The van der Waals surface area contributed by atoms with E-state index in [9.17, 15) is 24.3 Å². The molecular weight excluding hydrogens is 428 g/mol. The minimum absolute atomic E-state index is 0.0683. The van der Waals surface area contributed by atoms with Crippen LogP contribution in [0.4, 0.5) is 5.69 Å². The first-order valence-electron chi connectivity index (χ1n) is 10.4. The minimum Gasteiger partial charge on any atom is -0.480 e. The first kappa shape index (κ1) is 23.7. The number of carbonyl (C=O) groups is 4. The predicted molar refractivity (Wildman–Crippen MR) is 124 cm³/mol. The maximum absolute atomic E-state index is 13.7. The molecule has 168 valence electrons. The second-order valence-corrected chi connectivity index (χ2v) is 9.27. The lowest BCUT2D eigenvalue weighted by molar-refractivity contribution is -0.139. The third-order valence-electron chi connectivity index (χ3n) is 5.52. The van der Waals surface area contributed by atoms with Gasteiger partial charge in [-0.2, -0.15) is 0 Å². The number of carbonyl (C=O) groups excluding carboxylic acids is 3. The molecule has 0 aliphatic carbocycles. The van der Waals surface area contributed by atoms with E-state index in [1.165, 1.54) is 6.92 Å². The van der Waals surface area contributed by atoms with E-state index in [-0.39, 0.29) is 18.0 Å². The number of anilines is 1. The number of Topliss-reactive ketones (excluding diaryl/α,β-unsaturated/α-hetero) is 1. The van der Waals surface area contributed by atoms with Crippen molar-refractivity contribution in [3.05, 3.63) is 65.7 Å². The summed E-state index contributed by atoms with van der Waals surface area (Å²) in [4.78, 5) is 51.9. The number of para-hydroxylation sites is 1. The van der Waals surface area contributed by atoms with E-state index >= 15 is 0 Å². The Hall–Kier alpha value is -2.97. The number of carboxylic acids is 1. The van der Waals surface area contributed by atoms with Crippen molar-refractivity contribution in [2.24, 2.45) is 5.73 Å². The van der Waals surface area contributed by atoms with Crippen molar-refractivity contribution >= 4 is 40.2 Å². The van der Waals surface area contributed by atoms with Crippen molar-refractivity contribution in [3.8, 4) is 0 Å². The second kappa shape index (κ2) is 10.1. The molecule has 1 aliphatic rings. The van der Waals surface area contributed by atoms with Gasteiger partial charge >= 0.3 is 5.97 Å². The maximum atomic E-state index is 13.7. The summed E-state index contributed by atoms with van der Waals surface area (Å²) in [5, 5.41) is 8.32. The lowest BCUT2D eigenvalue weighted by Crippen LogP contribution is -2.64. The summed E-state index contributed by atoms with van der Waals surface area (Å²) in [6, 6.07) is 16.2. The molecule has 0 spiro atoms. The summed E-state index contributed by atoms with van der Waals surface area (Å²) in [5.41, 5.74) is 6.70. The number of fused-ring (bicyclic) bond motifs is 1. The van der Waals surface area contributed by atoms with Crippen LogP contribution < -0.4 is 10.6 Å². The summed E-state index contributed by atoms with van der Waals surface area (Å²) < 4.78 is 0. The number of aliphatic carboxylic acids is 1. The molecule has 3 rings (SSSR count). The van der Waals surface area contributed by atoms with E-state index in [1.807, 2.05) is 42.5 Å². The van der Waals surface area contributed by atoms with E-state index in [0.717, 1.165) is 27.8 Å². The number of nitrogens with two attached hydrogens (primary N) is 1. The van der Waals surface area contributed by atoms with Crippen molar-refractivity contribution in [2.45, 2.75) is 43.4 Å². The van der Waals surface area contributed by atoms with Crippen LogP contribution in [0.5, 0.6) is 0 Å². The highest BCUT2D eigenvalue weighted by molar-refractivity contribution is 8.14. The van der Waals surface area contributed by atoms with Crippen LogP contribution in [0.25, 0.3) is 0 Å². The molecule has 2 aromatic rings. The summed E-state index contributed by atoms with van der Waals surface area (Å²) in [6.45, 7) is 0.761. The van der Waals surface area contributed by atoms with Crippen LogP contribution >= 0.6 is 11.8 Å². The summed E-state index contributed by atoms with van der Waals surface area (Å²) in [7, 11) is 0. The molecule has 2 atom stereocenters. The van der Waals surface area contributed by atoms with E-state index in [2.05, 4.69) is 0 Å². The van der Waals surface area contributed by atoms with Gasteiger partial charge in [-0.15, -0.1) is 0 Å². The number of thioether (sulfide) groups is 1. The van der Waals surface area contributed by atoms with Gasteiger partial charge in [0.2, 0.25) is 0 Å². The molecule has 2 unspecified atom stereocenters. The summed E-state index contributed by atoms with van der Waals surface area (Å²) in [5.74, 6) is -2.51. The van der Waals surface area contributed by atoms with Crippen LogP contribution in [0.2, 0.25) is 0 Å². The Balaban J connectivity index is 2.00. The number of hydrogen-bond donors (Lipinski definition) is 2. The zero-order chi connectivity index (χ0) is 23.3. The standard InChI is InChI=1S/C24H26N2O5S/c1-16(27)32-20(14-17-8-3-2-4-9-17)22(30)24(25)13-7-11-18-10-5-6-12-19(18)26(23(24)31)15-21(28)29/h2-6,8-10,12,20H,7,11,13-15,25H2,1H3,(H,28,29). The first-order valence-corrected chi connectivity index (χ1v) is 11.3. The first-order chi connectivity index (χ1) is 15.2. The number of hydrogen-bond acceptors (Lipinski definition) is 6. The number of benzene rings is 2. The quantitative estimate of drug-likeness (QED) is 0.618. The summed E-state index contributed by atoms with van der Waals surface area (Å²) in [6.07, 6.45) is 1.34. The van der Waals surface area contributed by atoms with Crippen molar-refractivity contribution in [3.63, 3.8) is 0 Å². The number of amides is 1. The van der Waals surface area contributed by atoms with Gasteiger partial charge in [0.05, 0.1) is 5.25 Å². The molecule has 7 nitrogen and oxygen atoms in total. The second-order valence-electron chi connectivity index (χ2n) is 7.89. The molecule has 8 heteroatoms. The number of rotatable bonds is 7. The van der Waals surface area contributed by atoms with Crippen LogP contribution in [0.1, 0.15) is 30.9 Å². The van der Waals surface area contributed by atoms with E-state index in [4.69, 9.17) is 5.73 Å². The monoisotopic (exact) mass is 454 g/mol. The highest BCUT2D eigenvalue weighted by atomic mass is 32.2. The minimum atomic E-state index is -1.93. The van der Waals surface area contributed by atoms with Gasteiger partial charge in [0, 0.05) is 12.6 Å². The van der Waals surface area contributed by atoms with Crippen LogP contribution in [-0.4, -0.2) is 45.2 Å². The van der Waals surface area contributed by atoms with Gasteiger partial charge in [-0.3, -0.25) is 24.1 Å². The normalized spacial score (nSPS) is 19.4. The molecule has 3 N–H and O–H groups in total. The zero-order valence-corrected chi connectivity index (χ0v) is 18.6. The topological polar surface area (TPSA) is 118 Å². The van der Waals surface area contributed by atoms with Gasteiger partial charge in [-0.25, -0.2) is 0 Å². The van der Waals surface area contributed by atoms with Crippen molar-refractivity contribution in [1.82, 2.24) is 0 Å². The molecule has 1 aliphatic heterocycles. The SMILES string of the molecule is CC(=O)SC(Cc1ccccc1)C(=O)C1(N)CCCc2ccccc2N(CC(=O)O)C1=O. The maximum Gasteiger partial charge on any atom is 0.323 e. The number of ketones is 1. The van der Waals surface area contributed by atoms with Crippen molar-refractivity contribution in [2.75, 3.05) is 11.4 Å². The van der Waals surface area contributed by atoms with Crippen molar-refractivity contribution < 1.29 is 24.3 Å². The van der Waals surface area contributed by atoms with Gasteiger partial charge in [-0.1, -0.05) is 60.3 Å². The molecule has 0 aromatic heterocycles. The molecular formula is C24H26N2O5S. The smallest absolute Gasteiger partial charge is 0.323 e. The Labute approximate surface area is 191 Å². The molecule has 0 saturated carbocycles. The number of aryl methyl sites for hydroxylation is 1. The largest absolute Gasteiger partial charge is 0.480 e. The van der Waals surface area contributed by atoms with Crippen LogP contribution in [-0.2, 0) is 32.0 Å². The lowest BCUT2D eigenvalue weighted by Gasteiger charge is -2.37. The van der Waals surface area contributed by atoms with E-state index in [1.54, 1.807) is 12.1 Å². The van der Waals surface area contributed by atoms with E-state index < -0.39 is 35.0 Å². The van der Waals surface area contributed by atoms with Crippen LogP contribution in [0.3, 0.4) is 0 Å². The van der Waals surface area contributed by atoms with Crippen LogP contribution in [0, 0.1) is 0 Å². The molecule has 0 saturated heterocycles. The molecule has 0 fully saturated rings. The third kappa shape index (κ3) is 5.26. The average Bonchev–Trinajstić information content (AvgIpc) is 2.76. The molecule has 0 radical (unpaired) electrons. The highest BCUT2D eigenvalue weighted by Gasteiger charge is 2.48. The highest BCUT2D eigenvalue weighted by Crippen LogP contribution is 2.32. The Morgan fingerprint density at radius 1 is 1.12 bits per heavy atom. The Bertz CT molecular complexity index is 1030. The van der Waals surface area contributed by atoms with Gasteiger partial charge in [-0.05, 0) is 42.9 Å². The van der Waals surface area contributed by atoms with E-state index in [0.29, 0.717) is 18.5 Å².